The van der Waals surface area contributed by atoms with E-state index in [1.807, 2.05) is 30.3 Å². The molecule has 0 amide bonds. The van der Waals surface area contributed by atoms with Gasteiger partial charge in [-0.2, -0.15) is 0 Å². The Morgan fingerprint density at radius 3 is 2.57 bits per heavy atom. The molecule has 0 atom stereocenters. The van der Waals surface area contributed by atoms with Crippen molar-refractivity contribution in [2.24, 2.45) is 0 Å². The molecule has 0 aliphatic carbocycles. The Labute approximate surface area is 133 Å². The van der Waals surface area contributed by atoms with Crippen LogP contribution < -0.4 is 4.74 Å². The number of aryl methyl sites for hydroxylation is 1. The molecule has 5 nitrogen and oxygen atoms in total. The van der Waals surface area contributed by atoms with E-state index in [0.29, 0.717) is 22.8 Å². The van der Waals surface area contributed by atoms with Gasteiger partial charge in [-0.15, -0.1) is 0 Å². The van der Waals surface area contributed by atoms with Crippen molar-refractivity contribution >= 4 is 5.97 Å². The Bertz CT molecular complexity index is 796. The largest absolute Gasteiger partial charge is 0.457 e. The molecule has 0 fully saturated rings. The lowest BCUT2D eigenvalue weighted by Gasteiger charge is -2.07. The Kier molecular flexibility index (Phi) is 4.38. The van der Waals surface area contributed by atoms with E-state index in [2.05, 4.69) is 5.16 Å². The normalized spacial score (nSPS) is 10.3. The molecule has 23 heavy (non-hydrogen) atoms. The van der Waals surface area contributed by atoms with E-state index in [0.717, 1.165) is 5.69 Å². The molecule has 0 N–H and O–H groups in total. The molecule has 5 heteroatoms. The summed E-state index contributed by atoms with van der Waals surface area (Å²) in [6.07, 6.45) is 0. The molecule has 0 unspecified atom stereocenters. The van der Waals surface area contributed by atoms with Gasteiger partial charge in [0.25, 0.3) is 0 Å². The van der Waals surface area contributed by atoms with Gasteiger partial charge in [-0.1, -0.05) is 29.4 Å². The molecule has 0 saturated carbocycles. The number of benzene rings is 2. The molecule has 3 rings (SSSR count). The molecule has 1 aromatic heterocycles. The Morgan fingerprint density at radius 2 is 1.83 bits per heavy atom. The van der Waals surface area contributed by atoms with Gasteiger partial charge >= 0.3 is 5.97 Å². The van der Waals surface area contributed by atoms with Crippen LogP contribution in [-0.2, 0) is 11.3 Å². The van der Waals surface area contributed by atoms with Crippen LogP contribution in [0.25, 0.3) is 0 Å². The van der Waals surface area contributed by atoms with E-state index in [1.165, 1.54) is 0 Å². The highest BCUT2D eigenvalue weighted by molar-refractivity contribution is 5.89. The number of ether oxygens (including phenoxy) is 2. The van der Waals surface area contributed by atoms with Gasteiger partial charge in [-0.3, -0.25) is 0 Å². The van der Waals surface area contributed by atoms with Crippen molar-refractivity contribution in [3.63, 3.8) is 0 Å². The van der Waals surface area contributed by atoms with Crippen molar-refractivity contribution in [1.82, 2.24) is 5.16 Å². The minimum Gasteiger partial charge on any atom is -0.457 e. The summed E-state index contributed by atoms with van der Waals surface area (Å²) in [7, 11) is 0. The summed E-state index contributed by atoms with van der Waals surface area (Å²) in [5.74, 6) is 1.33. The number of aromatic nitrogens is 1. The maximum atomic E-state index is 12.1. The molecule has 0 spiro atoms. The fourth-order valence-electron chi connectivity index (χ4n) is 2.02. The predicted molar refractivity (Wildman–Crippen MR) is 83.3 cm³/mol. The number of para-hydroxylation sites is 1. The molecule has 2 aromatic carbocycles. The second kappa shape index (κ2) is 6.79. The van der Waals surface area contributed by atoms with Crippen molar-refractivity contribution in [1.29, 1.82) is 0 Å². The van der Waals surface area contributed by atoms with Gasteiger partial charge in [-0.25, -0.2) is 4.79 Å². The fourth-order valence-corrected chi connectivity index (χ4v) is 2.02. The molecular weight excluding hydrogens is 294 g/mol. The van der Waals surface area contributed by atoms with E-state index in [-0.39, 0.29) is 6.61 Å². The van der Waals surface area contributed by atoms with Gasteiger partial charge in [0.15, 0.2) is 12.4 Å². The average molecular weight is 309 g/mol. The van der Waals surface area contributed by atoms with E-state index in [1.54, 1.807) is 37.3 Å². The molecule has 3 aromatic rings. The molecule has 0 aliphatic rings. The number of carbonyl (C=O) groups is 1. The highest BCUT2D eigenvalue weighted by Crippen LogP contribution is 2.22. The molecule has 0 aliphatic heterocycles. The van der Waals surface area contributed by atoms with Crippen molar-refractivity contribution < 1.29 is 18.8 Å². The quantitative estimate of drug-likeness (QED) is 0.663. The number of hydrogen-bond acceptors (Lipinski definition) is 5. The number of esters is 1. The van der Waals surface area contributed by atoms with Crippen LogP contribution in [0.2, 0.25) is 0 Å². The van der Waals surface area contributed by atoms with Crippen molar-refractivity contribution in [2.45, 2.75) is 13.5 Å². The summed E-state index contributed by atoms with van der Waals surface area (Å²) in [6.45, 7) is 1.85. The summed E-state index contributed by atoms with van der Waals surface area (Å²) in [5, 5.41) is 3.74. The molecule has 1 heterocycles. The zero-order chi connectivity index (χ0) is 16.1. The number of hydrogen-bond donors (Lipinski definition) is 0. The lowest BCUT2D eigenvalue weighted by atomic mass is 10.2. The minimum atomic E-state index is -0.447. The summed E-state index contributed by atoms with van der Waals surface area (Å²) >= 11 is 0. The maximum Gasteiger partial charge on any atom is 0.338 e. The first-order valence-corrected chi connectivity index (χ1v) is 7.13. The first kappa shape index (κ1) is 14.8. The molecular formula is C18H15NO4. The zero-order valence-corrected chi connectivity index (χ0v) is 12.6. The smallest absolute Gasteiger partial charge is 0.338 e. The summed E-state index contributed by atoms with van der Waals surface area (Å²) in [6, 6.07) is 17.9. The van der Waals surface area contributed by atoms with Crippen molar-refractivity contribution in [3.8, 4) is 11.5 Å². The number of nitrogens with zero attached hydrogens (tertiary/aromatic N) is 1. The van der Waals surface area contributed by atoms with Crippen LogP contribution in [0.5, 0.6) is 11.5 Å². The number of rotatable bonds is 5. The van der Waals surface area contributed by atoms with Gasteiger partial charge in [0.2, 0.25) is 0 Å². The Balaban J connectivity index is 1.65. The highest BCUT2D eigenvalue weighted by Gasteiger charge is 2.10. The first-order valence-electron chi connectivity index (χ1n) is 7.13. The average Bonchev–Trinajstić information content (AvgIpc) is 2.99. The van der Waals surface area contributed by atoms with E-state index < -0.39 is 5.97 Å². The van der Waals surface area contributed by atoms with Gasteiger partial charge in [0.1, 0.15) is 11.5 Å². The number of carbonyl (C=O) groups excluding carboxylic acids is 1. The standard InChI is InChI=1S/C18H15NO4/c1-13-10-17(23-19-13)12-21-18(20)14-6-5-9-16(11-14)22-15-7-3-2-4-8-15/h2-11H,12H2,1H3. The Morgan fingerprint density at radius 1 is 1.04 bits per heavy atom. The van der Waals surface area contributed by atoms with E-state index in [4.69, 9.17) is 14.0 Å². The third kappa shape index (κ3) is 3.97. The van der Waals surface area contributed by atoms with Crippen molar-refractivity contribution in [3.05, 3.63) is 77.7 Å². The van der Waals surface area contributed by atoms with Crippen LogP contribution in [0.1, 0.15) is 21.8 Å². The van der Waals surface area contributed by atoms with Crippen molar-refractivity contribution in [2.75, 3.05) is 0 Å². The third-order valence-electron chi connectivity index (χ3n) is 3.07. The fraction of sp³-hybridized carbons (Fsp3) is 0.111. The summed E-state index contributed by atoms with van der Waals surface area (Å²) in [5.41, 5.74) is 1.16. The van der Waals surface area contributed by atoms with E-state index >= 15 is 0 Å². The van der Waals surface area contributed by atoms with Crippen LogP contribution in [-0.4, -0.2) is 11.1 Å². The van der Waals surface area contributed by atoms with Crippen LogP contribution >= 0.6 is 0 Å². The van der Waals surface area contributed by atoms with Gasteiger partial charge in [0.05, 0.1) is 11.3 Å². The first-order chi connectivity index (χ1) is 11.2. The molecule has 0 saturated heterocycles. The van der Waals surface area contributed by atoms with Gasteiger partial charge in [-0.05, 0) is 37.3 Å². The maximum absolute atomic E-state index is 12.1. The minimum absolute atomic E-state index is 0.0451. The van der Waals surface area contributed by atoms with Gasteiger partial charge < -0.3 is 14.0 Å². The topological polar surface area (TPSA) is 61.6 Å². The lowest BCUT2D eigenvalue weighted by molar-refractivity contribution is 0.0437. The summed E-state index contributed by atoms with van der Waals surface area (Å²) in [4.78, 5) is 12.1. The lowest BCUT2D eigenvalue weighted by Crippen LogP contribution is -2.04. The van der Waals surface area contributed by atoms with Crippen LogP contribution in [0.15, 0.2) is 65.2 Å². The summed E-state index contributed by atoms with van der Waals surface area (Å²) < 4.78 is 15.9. The molecule has 0 bridgehead atoms. The van der Waals surface area contributed by atoms with Crippen LogP contribution in [0.4, 0.5) is 0 Å². The molecule has 0 radical (unpaired) electrons. The van der Waals surface area contributed by atoms with Gasteiger partial charge in [0, 0.05) is 6.07 Å². The second-order valence-electron chi connectivity index (χ2n) is 4.95. The molecule has 116 valence electrons. The van der Waals surface area contributed by atoms with Crippen LogP contribution in [0.3, 0.4) is 0 Å². The highest BCUT2D eigenvalue weighted by atomic mass is 16.5. The second-order valence-corrected chi connectivity index (χ2v) is 4.95. The van der Waals surface area contributed by atoms with Crippen LogP contribution in [0, 0.1) is 6.92 Å². The monoisotopic (exact) mass is 309 g/mol. The zero-order valence-electron chi connectivity index (χ0n) is 12.6. The Hall–Kier alpha value is -3.08. The SMILES string of the molecule is Cc1cc(COC(=O)c2cccc(Oc3ccccc3)c2)on1. The van der Waals surface area contributed by atoms with E-state index in [9.17, 15) is 4.79 Å². The third-order valence-corrected chi connectivity index (χ3v) is 3.07. The predicted octanol–water partition coefficient (Wildman–Crippen LogP) is 4.13.